The zero-order chi connectivity index (χ0) is 20.9. The predicted octanol–water partition coefficient (Wildman–Crippen LogP) is 7.44. The summed E-state index contributed by atoms with van der Waals surface area (Å²) < 4.78 is 6.17. The highest BCUT2D eigenvalue weighted by molar-refractivity contribution is 6.30. The number of hydrogen-bond acceptors (Lipinski definition) is 2. The summed E-state index contributed by atoms with van der Waals surface area (Å²) in [5.41, 5.74) is 4.58. The van der Waals surface area contributed by atoms with E-state index >= 15 is 0 Å². The summed E-state index contributed by atoms with van der Waals surface area (Å²) in [4.78, 5) is 0. The average molecular weight is 410 g/mol. The van der Waals surface area contributed by atoms with Crippen LogP contribution in [0.2, 0.25) is 5.02 Å². The van der Waals surface area contributed by atoms with Gasteiger partial charge in [-0.15, -0.1) is 0 Å². The van der Waals surface area contributed by atoms with E-state index in [1.165, 1.54) is 0 Å². The summed E-state index contributed by atoms with van der Waals surface area (Å²) in [6.45, 7) is 2.45. The normalized spacial score (nSPS) is 11.3. The first-order valence-corrected chi connectivity index (χ1v) is 10.1. The van der Waals surface area contributed by atoms with E-state index in [9.17, 15) is 5.26 Å². The first-order chi connectivity index (χ1) is 14.6. The van der Waals surface area contributed by atoms with Crippen LogP contribution in [0, 0.1) is 18.3 Å². The molecule has 0 heterocycles. The van der Waals surface area contributed by atoms with Crippen LogP contribution in [0.5, 0.6) is 5.75 Å². The van der Waals surface area contributed by atoms with Gasteiger partial charge in [-0.1, -0.05) is 83.9 Å². The highest BCUT2D eigenvalue weighted by Gasteiger charge is 2.10. The minimum atomic E-state index is 0.419. The molecule has 0 fully saturated rings. The molecule has 0 aliphatic carbocycles. The van der Waals surface area contributed by atoms with Crippen LogP contribution < -0.4 is 4.74 Å². The number of nitriles is 1. The van der Waals surface area contributed by atoms with Gasteiger partial charge in [-0.05, 0) is 53.1 Å². The van der Waals surface area contributed by atoms with Gasteiger partial charge in [0.25, 0.3) is 0 Å². The molecule has 2 nitrogen and oxygen atoms in total. The van der Waals surface area contributed by atoms with Gasteiger partial charge in [-0.25, -0.2) is 0 Å². The van der Waals surface area contributed by atoms with Crippen molar-refractivity contribution in [1.29, 1.82) is 5.26 Å². The summed E-state index contributed by atoms with van der Waals surface area (Å²) in [6.07, 6.45) is 1.92. The Balaban J connectivity index is 1.77. The van der Waals surface area contributed by atoms with Crippen molar-refractivity contribution in [1.82, 2.24) is 0 Å². The third-order valence-electron chi connectivity index (χ3n) is 5.01. The second-order valence-electron chi connectivity index (χ2n) is 7.15. The molecule has 0 bridgehead atoms. The van der Waals surface area contributed by atoms with Crippen LogP contribution in [0.15, 0.2) is 84.9 Å². The molecule has 0 aliphatic rings. The molecule has 0 spiro atoms. The number of halogens is 1. The van der Waals surface area contributed by atoms with Crippen molar-refractivity contribution in [2.75, 3.05) is 0 Å². The Hall–Kier alpha value is -3.54. The lowest BCUT2D eigenvalue weighted by Crippen LogP contribution is -1.98. The molecule has 30 heavy (non-hydrogen) atoms. The number of aryl methyl sites for hydroxylation is 1. The molecule has 0 saturated carbocycles. The SMILES string of the molecule is Cc1ccc(/C(C#N)=C/c2c(OCc3ccc(Cl)cc3)ccc3ccccc23)cc1. The van der Waals surface area contributed by atoms with Crippen LogP contribution in [0.4, 0.5) is 0 Å². The van der Waals surface area contributed by atoms with Crippen LogP contribution >= 0.6 is 11.6 Å². The number of hydrogen-bond donors (Lipinski definition) is 0. The minimum absolute atomic E-state index is 0.419. The molecule has 146 valence electrons. The number of fused-ring (bicyclic) bond motifs is 1. The van der Waals surface area contributed by atoms with Crippen LogP contribution in [0.3, 0.4) is 0 Å². The number of benzene rings is 4. The quantitative estimate of drug-likeness (QED) is 0.253. The summed E-state index contributed by atoms with van der Waals surface area (Å²) in [7, 11) is 0. The lowest BCUT2D eigenvalue weighted by atomic mass is 9.98. The third-order valence-corrected chi connectivity index (χ3v) is 5.26. The van der Waals surface area contributed by atoms with Gasteiger partial charge >= 0.3 is 0 Å². The number of rotatable bonds is 5. The third kappa shape index (κ3) is 4.38. The van der Waals surface area contributed by atoms with Crippen molar-refractivity contribution in [2.45, 2.75) is 13.5 Å². The van der Waals surface area contributed by atoms with E-state index in [4.69, 9.17) is 16.3 Å². The molecule has 4 aromatic rings. The van der Waals surface area contributed by atoms with E-state index in [-0.39, 0.29) is 0 Å². The average Bonchev–Trinajstić information content (AvgIpc) is 2.78. The zero-order valence-electron chi connectivity index (χ0n) is 16.6. The highest BCUT2D eigenvalue weighted by atomic mass is 35.5. The van der Waals surface area contributed by atoms with Crippen molar-refractivity contribution in [3.05, 3.63) is 112 Å². The second-order valence-corrected chi connectivity index (χ2v) is 7.59. The second kappa shape index (κ2) is 8.86. The fourth-order valence-corrected chi connectivity index (χ4v) is 3.48. The molecule has 4 aromatic carbocycles. The van der Waals surface area contributed by atoms with Gasteiger partial charge in [0, 0.05) is 10.6 Å². The van der Waals surface area contributed by atoms with Crippen molar-refractivity contribution >= 4 is 34.0 Å². The molecule has 0 aromatic heterocycles. The van der Waals surface area contributed by atoms with Gasteiger partial charge in [0.2, 0.25) is 0 Å². The summed E-state index contributed by atoms with van der Waals surface area (Å²) in [6, 6.07) is 30.1. The lowest BCUT2D eigenvalue weighted by molar-refractivity contribution is 0.306. The van der Waals surface area contributed by atoms with Gasteiger partial charge in [0.05, 0.1) is 11.6 Å². The van der Waals surface area contributed by atoms with E-state index in [0.717, 1.165) is 38.8 Å². The Morgan fingerprint density at radius 1 is 0.933 bits per heavy atom. The number of nitrogens with zero attached hydrogens (tertiary/aromatic N) is 1. The van der Waals surface area contributed by atoms with Crippen LogP contribution in [-0.4, -0.2) is 0 Å². The predicted molar refractivity (Wildman–Crippen MR) is 124 cm³/mol. The topological polar surface area (TPSA) is 33.0 Å². The summed E-state index contributed by atoms with van der Waals surface area (Å²) >= 11 is 5.98. The fraction of sp³-hybridized carbons (Fsp3) is 0.0741. The molecule has 0 N–H and O–H groups in total. The fourth-order valence-electron chi connectivity index (χ4n) is 3.35. The van der Waals surface area contributed by atoms with E-state index in [1.54, 1.807) is 0 Å². The van der Waals surface area contributed by atoms with E-state index in [0.29, 0.717) is 17.2 Å². The maximum Gasteiger partial charge on any atom is 0.127 e. The molecule has 0 amide bonds. The first-order valence-electron chi connectivity index (χ1n) is 9.72. The molecule has 0 saturated heterocycles. The smallest absolute Gasteiger partial charge is 0.127 e. The van der Waals surface area contributed by atoms with Crippen LogP contribution in [0.25, 0.3) is 22.4 Å². The van der Waals surface area contributed by atoms with Crippen molar-refractivity contribution in [2.24, 2.45) is 0 Å². The molecule has 0 atom stereocenters. The van der Waals surface area contributed by atoms with E-state index < -0.39 is 0 Å². The molecular formula is C27H20ClNO. The number of allylic oxidation sites excluding steroid dienone is 1. The van der Waals surface area contributed by atoms with Crippen molar-refractivity contribution in [3.63, 3.8) is 0 Å². The maximum atomic E-state index is 9.84. The van der Waals surface area contributed by atoms with Gasteiger partial charge in [-0.2, -0.15) is 5.26 Å². The monoisotopic (exact) mass is 409 g/mol. The van der Waals surface area contributed by atoms with E-state index in [2.05, 4.69) is 18.2 Å². The first kappa shape index (κ1) is 19.8. The molecular weight excluding hydrogens is 390 g/mol. The lowest BCUT2D eigenvalue weighted by Gasteiger charge is -2.13. The number of ether oxygens (including phenoxy) is 1. The minimum Gasteiger partial charge on any atom is -0.488 e. The molecule has 0 unspecified atom stereocenters. The summed E-state index contributed by atoms with van der Waals surface area (Å²) in [5, 5.41) is 12.7. The maximum absolute atomic E-state index is 9.84. The summed E-state index contributed by atoms with van der Waals surface area (Å²) in [5.74, 6) is 0.739. The zero-order valence-corrected chi connectivity index (χ0v) is 17.4. The van der Waals surface area contributed by atoms with Crippen molar-refractivity contribution < 1.29 is 4.74 Å². The van der Waals surface area contributed by atoms with Crippen LogP contribution in [-0.2, 0) is 6.61 Å². The standard InChI is InChI=1S/C27H20ClNO/c1-19-6-10-21(11-7-19)23(17-29)16-26-25-5-3-2-4-22(25)12-15-27(26)30-18-20-8-13-24(28)14-9-20/h2-16H,18H2,1H3/b23-16+. The van der Waals surface area contributed by atoms with Gasteiger partial charge < -0.3 is 4.74 Å². The van der Waals surface area contributed by atoms with Gasteiger partial charge in [0.15, 0.2) is 0 Å². The highest BCUT2D eigenvalue weighted by Crippen LogP contribution is 2.32. The largest absolute Gasteiger partial charge is 0.488 e. The molecule has 0 radical (unpaired) electrons. The Morgan fingerprint density at radius 2 is 1.67 bits per heavy atom. The molecule has 0 aliphatic heterocycles. The Morgan fingerprint density at radius 3 is 2.40 bits per heavy atom. The van der Waals surface area contributed by atoms with Crippen molar-refractivity contribution in [3.8, 4) is 11.8 Å². The molecule has 3 heteroatoms. The van der Waals surface area contributed by atoms with Gasteiger partial charge in [-0.3, -0.25) is 0 Å². The van der Waals surface area contributed by atoms with Gasteiger partial charge in [0.1, 0.15) is 12.4 Å². The van der Waals surface area contributed by atoms with Crippen LogP contribution in [0.1, 0.15) is 22.3 Å². The Bertz CT molecular complexity index is 1250. The Kier molecular flexibility index (Phi) is 5.84. The Labute approximate surface area is 181 Å². The van der Waals surface area contributed by atoms with E-state index in [1.807, 2.05) is 85.8 Å². The molecule has 4 rings (SSSR count).